The van der Waals surface area contributed by atoms with Crippen molar-refractivity contribution in [1.29, 1.82) is 0 Å². The summed E-state index contributed by atoms with van der Waals surface area (Å²) in [4.78, 5) is 10.9. The summed E-state index contributed by atoms with van der Waals surface area (Å²) in [6.07, 6.45) is 3.99. The summed E-state index contributed by atoms with van der Waals surface area (Å²) in [6, 6.07) is 10.2. The van der Waals surface area contributed by atoms with Gasteiger partial charge >= 0.3 is 0 Å². The van der Waals surface area contributed by atoms with Crippen molar-refractivity contribution < 1.29 is 4.79 Å². The molecule has 0 aliphatic heterocycles. The van der Waals surface area contributed by atoms with E-state index in [9.17, 15) is 4.79 Å². The summed E-state index contributed by atoms with van der Waals surface area (Å²) in [7, 11) is 1.94. The summed E-state index contributed by atoms with van der Waals surface area (Å²) >= 11 is 0. The second-order valence-electron chi connectivity index (χ2n) is 3.83. The molecule has 1 aromatic rings. The molecule has 1 N–H and O–H groups in total. The molecule has 0 radical (unpaired) electrons. The lowest BCUT2D eigenvalue weighted by atomic mass is 9.96. The molecule has 0 saturated heterocycles. The SMILES string of the molecule is CNCCCC(C=O)Cc1ccccc1. The highest BCUT2D eigenvalue weighted by atomic mass is 16.1. The Morgan fingerprint density at radius 1 is 1.33 bits per heavy atom. The summed E-state index contributed by atoms with van der Waals surface area (Å²) in [6.45, 7) is 0.985. The van der Waals surface area contributed by atoms with Crippen molar-refractivity contribution in [3.05, 3.63) is 35.9 Å². The fraction of sp³-hybridized carbons (Fsp3) is 0.462. The van der Waals surface area contributed by atoms with Gasteiger partial charge in [-0.25, -0.2) is 0 Å². The van der Waals surface area contributed by atoms with Crippen LogP contribution in [-0.4, -0.2) is 19.9 Å². The number of benzene rings is 1. The van der Waals surface area contributed by atoms with Crippen molar-refractivity contribution in [2.75, 3.05) is 13.6 Å². The molecule has 0 aromatic heterocycles. The topological polar surface area (TPSA) is 29.1 Å². The van der Waals surface area contributed by atoms with E-state index in [0.717, 1.165) is 32.1 Å². The Labute approximate surface area is 91.7 Å². The molecule has 1 unspecified atom stereocenters. The van der Waals surface area contributed by atoms with E-state index in [4.69, 9.17) is 0 Å². The van der Waals surface area contributed by atoms with Gasteiger partial charge in [-0.3, -0.25) is 0 Å². The van der Waals surface area contributed by atoms with Gasteiger partial charge in [0.25, 0.3) is 0 Å². The van der Waals surface area contributed by atoms with Gasteiger partial charge in [-0.15, -0.1) is 0 Å². The first-order valence-electron chi connectivity index (χ1n) is 5.50. The largest absolute Gasteiger partial charge is 0.320 e. The maximum Gasteiger partial charge on any atom is 0.123 e. The van der Waals surface area contributed by atoms with Crippen LogP contribution in [0.15, 0.2) is 30.3 Å². The first kappa shape index (κ1) is 11.9. The third-order valence-corrected chi connectivity index (χ3v) is 2.53. The Kier molecular flexibility index (Phi) is 5.71. The van der Waals surface area contributed by atoms with Gasteiger partial charge in [0.15, 0.2) is 0 Å². The number of hydrogen-bond acceptors (Lipinski definition) is 2. The van der Waals surface area contributed by atoms with Crippen LogP contribution < -0.4 is 5.32 Å². The Hall–Kier alpha value is -1.15. The molecule has 1 atom stereocenters. The van der Waals surface area contributed by atoms with Gasteiger partial charge in [0.2, 0.25) is 0 Å². The molecule has 1 rings (SSSR count). The highest BCUT2D eigenvalue weighted by molar-refractivity contribution is 5.54. The lowest BCUT2D eigenvalue weighted by molar-refractivity contribution is -0.111. The fourth-order valence-electron chi connectivity index (χ4n) is 1.68. The molecule has 0 amide bonds. The van der Waals surface area contributed by atoms with E-state index in [2.05, 4.69) is 17.4 Å². The molecule has 1 aromatic carbocycles. The van der Waals surface area contributed by atoms with Crippen molar-refractivity contribution in [3.63, 3.8) is 0 Å². The molecule has 0 heterocycles. The van der Waals surface area contributed by atoms with Crippen molar-refractivity contribution in [2.45, 2.75) is 19.3 Å². The smallest absolute Gasteiger partial charge is 0.123 e. The predicted molar refractivity (Wildman–Crippen MR) is 62.9 cm³/mol. The lowest BCUT2D eigenvalue weighted by Gasteiger charge is -2.09. The first-order chi connectivity index (χ1) is 7.36. The Morgan fingerprint density at radius 3 is 2.67 bits per heavy atom. The molecule has 2 nitrogen and oxygen atoms in total. The molecule has 15 heavy (non-hydrogen) atoms. The maximum absolute atomic E-state index is 10.9. The summed E-state index contributed by atoms with van der Waals surface area (Å²) < 4.78 is 0. The summed E-state index contributed by atoms with van der Waals surface area (Å²) in [5.41, 5.74) is 1.25. The lowest BCUT2D eigenvalue weighted by Crippen LogP contribution is -2.12. The Bertz CT molecular complexity index is 271. The van der Waals surface area contributed by atoms with Crippen molar-refractivity contribution in [1.82, 2.24) is 5.32 Å². The molecule has 0 bridgehead atoms. The van der Waals surface area contributed by atoms with Gasteiger partial charge in [0.1, 0.15) is 6.29 Å². The average molecular weight is 205 g/mol. The van der Waals surface area contributed by atoms with Crippen LogP contribution >= 0.6 is 0 Å². The molecular formula is C13H19NO. The monoisotopic (exact) mass is 205 g/mol. The minimum atomic E-state index is 0.167. The maximum atomic E-state index is 10.9. The minimum Gasteiger partial charge on any atom is -0.320 e. The summed E-state index contributed by atoms with van der Waals surface area (Å²) in [5.74, 6) is 0.167. The molecule has 2 heteroatoms. The normalized spacial score (nSPS) is 12.3. The molecule has 0 saturated carbocycles. The molecule has 0 fully saturated rings. The predicted octanol–water partition coefficient (Wildman–Crippen LogP) is 2.04. The second-order valence-corrected chi connectivity index (χ2v) is 3.83. The van der Waals surface area contributed by atoms with Crippen LogP contribution in [0, 0.1) is 5.92 Å². The minimum absolute atomic E-state index is 0.167. The fourth-order valence-corrected chi connectivity index (χ4v) is 1.68. The molecule has 82 valence electrons. The van der Waals surface area contributed by atoms with Crippen molar-refractivity contribution in [3.8, 4) is 0 Å². The van der Waals surface area contributed by atoms with Gasteiger partial charge in [0.05, 0.1) is 0 Å². The quantitative estimate of drug-likeness (QED) is 0.545. The van der Waals surface area contributed by atoms with E-state index in [1.54, 1.807) is 0 Å². The number of rotatable bonds is 7. The zero-order valence-corrected chi connectivity index (χ0v) is 9.28. The van der Waals surface area contributed by atoms with E-state index in [1.165, 1.54) is 5.56 Å². The standard InChI is InChI=1S/C13H19NO/c1-14-9-5-8-13(11-15)10-12-6-3-2-4-7-12/h2-4,6-7,11,13-14H,5,8-10H2,1H3. The van der Waals surface area contributed by atoms with Gasteiger partial charge in [0, 0.05) is 5.92 Å². The van der Waals surface area contributed by atoms with Crippen LogP contribution in [0.2, 0.25) is 0 Å². The Morgan fingerprint density at radius 2 is 2.07 bits per heavy atom. The van der Waals surface area contributed by atoms with Crippen LogP contribution in [0.3, 0.4) is 0 Å². The van der Waals surface area contributed by atoms with E-state index in [1.807, 2.05) is 25.2 Å². The zero-order chi connectivity index (χ0) is 10.9. The van der Waals surface area contributed by atoms with Crippen molar-refractivity contribution in [2.24, 2.45) is 5.92 Å². The molecule has 0 spiro atoms. The molecular weight excluding hydrogens is 186 g/mol. The number of hydrogen-bond donors (Lipinski definition) is 1. The van der Waals surface area contributed by atoms with E-state index < -0.39 is 0 Å². The summed E-state index contributed by atoms with van der Waals surface area (Å²) in [5, 5.41) is 3.10. The molecule has 0 aliphatic carbocycles. The highest BCUT2D eigenvalue weighted by Gasteiger charge is 2.07. The first-order valence-corrected chi connectivity index (χ1v) is 5.50. The van der Waals surface area contributed by atoms with E-state index >= 15 is 0 Å². The highest BCUT2D eigenvalue weighted by Crippen LogP contribution is 2.11. The third-order valence-electron chi connectivity index (χ3n) is 2.53. The number of carbonyl (C=O) groups is 1. The van der Waals surface area contributed by atoms with Gasteiger partial charge in [-0.05, 0) is 38.4 Å². The number of nitrogens with one attached hydrogen (secondary N) is 1. The van der Waals surface area contributed by atoms with Crippen molar-refractivity contribution >= 4 is 6.29 Å². The van der Waals surface area contributed by atoms with Crippen LogP contribution in [0.4, 0.5) is 0 Å². The number of aldehydes is 1. The van der Waals surface area contributed by atoms with Gasteiger partial charge < -0.3 is 10.1 Å². The van der Waals surface area contributed by atoms with E-state index in [-0.39, 0.29) is 5.92 Å². The third kappa shape index (κ3) is 4.75. The van der Waals surface area contributed by atoms with Gasteiger partial charge in [-0.1, -0.05) is 30.3 Å². The van der Waals surface area contributed by atoms with Crippen LogP contribution in [0.5, 0.6) is 0 Å². The van der Waals surface area contributed by atoms with Crippen LogP contribution in [0.1, 0.15) is 18.4 Å². The van der Waals surface area contributed by atoms with Crippen LogP contribution in [-0.2, 0) is 11.2 Å². The second kappa shape index (κ2) is 7.18. The number of carbonyl (C=O) groups excluding carboxylic acids is 1. The molecule has 0 aliphatic rings. The zero-order valence-electron chi connectivity index (χ0n) is 9.28. The average Bonchev–Trinajstić information content (AvgIpc) is 2.29. The van der Waals surface area contributed by atoms with E-state index in [0.29, 0.717) is 0 Å². The Balaban J connectivity index is 2.37. The van der Waals surface area contributed by atoms with Crippen LogP contribution in [0.25, 0.3) is 0 Å². The van der Waals surface area contributed by atoms with Gasteiger partial charge in [-0.2, -0.15) is 0 Å².